The van der Waals surface area contributed by atoms with Crippen LogP contribution in [0.4, 0.5) is 5.95 Å². The normalized spacial score (nSPS) is 20.4. The van der Waals surface area contributed by atoms with Gasteiger partial charge in [0.25, 0.3) is 0 Å². The molecule has 0 aromatic carbocycles. The molecule has 1 aliphatic carbocycles. The molecule has 0 unspecified atom stereocenters. The van der Waals surface area contributed by atoms with E-state index in [1.807, 2.05) is 0 Å². The first-order valence-corrected chi connectivity index (χ1v) is 4.14. The molecule has 12 heavy (non-hydrogen) atoms. The minimum Gasteiger partial charge on any atom is -0.367 e. The molecule has 0 spiro atoms. The van der Waals surface area contributed by atoms with Gasteiger partial charge in [0.05, 0.1) is 0 Å². The van der Waals surface area contributed by atoms with Crippen molar-refractivity contribution in [2.45, 2.75) is 31.2 Å². The smallest absolute Gasteiger partial charge is 0.239 e. The molecule has 0 radical (unpaired) electrons. The van der Waals surface area contributed by atoms with E-state index in [1.54, 1.807) is 0 Å². The first kappa shape index (κ1) is 7.54. The molecule has 5 N–H and O–H groups in total. The number of H-pyrrole nitrogens is 1. The molecular weight excluding hydrogens is 154 g/mol. The van der Waals surface area contributed by atoms with Gasteiger partial charge in [0.2, 0.25) is 5.95 Å². The van der Waals surface area contributed by atoms with Crippen molar-refractivity contribution in [3.8, 4) is 0 Å². The number of anilines is 1. The fourth-order valence-electron chi connectivity index (χ4n) is 1.53. The fraction of sp³-hybridized carbons (Fsp3) is 0.714. The van der Waals surface area contributed by atoms with Gasteiger partial charge in [0.1, 0.15) is 5.82 Å². The van der Waals surface area contributed by atoms with Crippen molar-refractivity contribution < 1.29 is 0 Å². The highest BCUT2D eigenvalue weighted by atomic mass is 15.3. The number of nitrogens with one attached hydrogen (secondary N) is 1. The van der Waals surface area contributed by atoms with Gasteiger partial charge < -0.3 is 11.5 Å². The van der Waals surface area contributed by atoms with Crippen LogP contribution < -0.4 is 11.5 Å². The maximum Gasteiger partial charge on any atom is 0.239 e. The first-order chi connectivity index (χ1) is 5.68. The summed E-state index contributed by atoms with van der Waals surface area (Å²) in [6, 6.07) is 0. The average Bonchev–Trinajstić information content (AvgIpc) is 2.32. The molecule has 1 heterocycles. The SMILES string of the molecule is Nc1n[nH]c(CC2(N)CCC2)n1. The van der Waals surface area contributed by atoms with Crippen LogP contribution in [-0.2, 0) is 6.42 Å². The quantitative estimate of drug-likeness (QED) is 0.569. The second kappa shape index (κ2) is 2.45. The van der Waals surface area contributed by atoms with Gasteiger partial charge in [-0.15, -0.1) is 5.10 Å². The zero-order chi connectivity index (χ0) is 8.60. The average molecular weight is 167 g/mol. The first-order valence-electron chi connectivity index (χ1n) is 4.14. The molecule has 1 aliphatic rings. The second-order valence-electron chi connectivity index (χ2n) is 3.53. The lowest BCUT2D eigenvalue weighted by atomic mass is 9.75. The third-order valence-electron chi connectivity index (χ3n) is 2.42. The van der Waals surface area contributed by atoms with Crippen LogP contribution in [0.15, 0.2) is 0 Å². The van der Waals surface area contributed by atoms with Crippen molar-refractivity contribution in [2.24, 2.45) is 5.73 Å². The zero-order valence-electron chi connectivity index (χ0n) is 6.88. The fourth-order valence-corrected chi connectivity index (χ4v) is 1.53. The summed E-state index contributed by atoms with van der Waals surface area (Å²) in [7, 11) is 0. The van der Waals surface area contributed by atoms with Crippen molar-refractivity contribution in [3.05, 3.63) is 5.82 Å². The van der Waals surface area contributed by atoms with Crippen LogP contribution in [0.25, 0.3) is 0 Å². The molecule has 5 nitrogen and oxygen atoms in total. The van der Waals surface area contributed by atoms with E-state index in [0.29, 0.717) is 5.95 Å². The molecule has 1 saturated carbocycles. The molecule has 0 atom stereocenters. The number of hydrogen-bond donors (Lipinski definition) is 3. The highest BCUT2D eigenvalue weighted by Gasteiger charge is 2.33. The molecule has 0 bridgehead atoms. The molecular formula is C7H13N5. The Hall–Kier alpha value is -1.10. The Morgan fingerprint density at radius 1 is 1.50 bits per heavy atom. The van der Waals surface area contributed by atoms with Crippen molar-refractivity contribution >= 4 is 5.95 Å². The second-order valence-corrected chi connectivity index (χ2v) is 3.53. The van der Waals surface area contributed by atoms with E-state index >= 15 is 0 Å². The zero-order valence-corrected chi connectivity index (χ0v) is 6.88. The summed E-state index contributed by atoms with van der Waals surface area (Å²) >= 11 is 0. The van der Waals surface area contributed by atoms with Crippen LogP contribution in [0.1, 0.15) is 25.1 Å². The summed E-state index contributed by atoms with van der Waals surface area (Å²) in [6.07, 6.45) is 4.14. The predicted octanol–water partition coefficient (Wildman–Crippen LogP) is -0.189. The van der Waals surface area contributed by atoms with E-state index in [1.165, 1.54) is 6.42 Å². The van der Waals surface area contributed by atoms with Crippen LogP contribution in [0, 0.1) is 0 Å². The molecule has 0 amide bonds. The van der Waals surface area contributed by atoms with Gasteiger partial charge in [-0.1, -0.05) is 0 Å². The van der Waals surface area contributed by atoms with Crippen LogP contribution in [-0.4, -0.2) is 20.7 Å². The van der Waals surface area contributed by atoms with E-state index < -0.39 is 0 Å². The molecule has 1 aromatic rings. The summed E-state index contributed by atoms with van der Waals surface area (Å²) in [5.41, 5.74) is 11.3. The van der Waals surface area contributed by atoms with E-state index in [9.17, 15) is 0 Å². The third-order valence-corrected chi connectivity index (χ3v) is 2.42. The molecule has 2 rings (SSSR count). The lowest BCUT2D eigenvalue weighted by Gasteiger charge is -2.37. The molecule has 1 aromatic heterocycles. The van der Waals surface area contributed by atoms with Gasteiger partial charge in [0, 0.05) is 12.0 Å². The Kier molecular flexibility index (Phi) is 1.54. The number of nitrogens with zero attached hydrogens (tertiary/aromatic N) is 2. The van der Waals surface area contributed by atoms with Gasteiger partial charge >= 0.3 is 0 Å². The largest absolute Gasteiger partial charge is 0.367 e. The van der Waals surface area contributed by atoms with Gasteiger partial charge in [0.15, 0.2) is 0 Å². The monoisotopic (exact) mass is 167 g/mol. The summed E-state index contributed by atoms with van der Waals surface area (Å²) in [5.74, 6) is 1.10. The van der Waals surface area contributed by atoms with Gasteiger partial charge in [-0.25, -0.2) is 0 Å². The van der Waals surface area contributed by atoms with Crippen molar-refractivity contribution in [1.29, 1.82) is 0 Å². The third kappa shape index (κ3) is 1.27. The Balaban J connectivity index is 2.03. The Labute approximate surface area is 70.5 Å². The maximum atomic E-state index is 6.02. The van der Waals surface area contributed by atoms with Crippen LogP contribution >= 0.6 is 0 Å². The summed E-state index contributed by atoms with van der Waals surface area (Å²) in [5, 5.41) is 6.51. The van der Waals surface area contributed by atoms with Crippen molar-refractivity contribution in [2.75, 3.05) is 5.73 Å². The predicted molar refractivity (Wildman–Crippen MR) is 45.3 cm³/mol. The number of nitrogen functional groups attached to an aromatic ring is 1. The molecule has 66 valence electrons. The summed E-state index contributed by atoms with van der Waals surface area (Å²) in [4.78, 5) is 4.01. The number of hydrogen-bond acceptors (Lipinski definition) is 4. The summed E-state index contributed by atoms with van der Waals surface area (Å²) < 4.78 is 0. The Morgan fingerprint density at radius 3 is 2.67 bits per heavy atom. The number of aromatic nitrogens is 3. The van der Waals surface area contributed by atoms with Gasteiger partial charge in [-0.3, -0.25) is 5.10 Å². The lowest BCUT2D eigenvalue weighted by Crippen LogP contribution is -2.48. The van der Waals surface area contributed by atoms with E-state index in [-0.39, 0.29) is 5.54 Å². The molecule has 1 fully saturated rings. The van der Waals surface area contributed by atoms with Crippen molar-refractivity contribution in [3.63, 3.8) is 0 Å². The lowest BCUT2D eigenvalue weighted by molar-refractivity contribution is 0.243. The topological polar surface area (TPSA) is 93.6 Å². The minimum absolute atomic E-state index is 0.0496. The molecule has 0 saturated heterocycles. The van der Waals surface area contributed by atoms with Gasteiger partial charge in [-0.2, -0.15) is 4.98 Å². The highest BCUT2D eigenvalue weighted by Crippen LogP contribution is 2.31. The maximum absolute atomic E-state index is 6.02. The van der Waals surface area contributed by atoms with Crippen molar-refractivity contribution in [1.82, 2.24) is 15.2 Å². The minimum atomic E-state index is -0.0496. The van der Waals surface area contributed by atoms with Crippen LogP contribution in [0.3, 0.4) is 0 Å². The molecule has 5 heteroatoms. The number of rotatable bonds is 2. The van der Waals surface area contributed by atoms with E-state index in [4.69, 9.17) is 11.5 Å². The Bertz CT molecular complexity index is 275. The standard InChI is InChI=1S/C7H13N5/c8-6-10-5(11-12-6)4-7(9)2-1-3-7/h1-4,9H2,(H3,8,10,11,12). The van der Waals surface area contributed by atoms with Crippen LogP contribution in [0.5, 0.6) is 0 Å². The highest BCUT2D eigenvalue weighted by molar-refractivity contribution is 5.14. The number of aromatic amines is 1. The van der Waals surface area contributed by atoms with E-state index in [2.05, 4.69) is 15.2 Å². The van der Waals surface area contributed by atoms with Gasteiger partial charge in [-0.05, 0) is 19.3 Å². The molecule has 0 aliphatic heterocycles. The number of nitrogens with two attached hydrogens (primary N) is 2. The summed E-state index contributed by atoms with van der Waals surface area (Å²) in [6.45, 7) is 0. The van der Waals surface area contributed by atoms with E-state index in [0.717, 1.165) is 25.1 Å². The Morgan fingerprint density at radius 2 is 2.25 bits per heavy atom. The van der Waals surface area contributed by atoms with Crippen LogP contribution in [0.2, 0.25) is 0 Å².